The molecule has 1 aromatic heterocycles. The first kappa shape index (κ1) is 20.4. The van der Waals surface area contributed by atoms with E-state index in [1.54, 1.807) is 31.2 Å². The number of rotatable bonds is 4. The predicted molar refractivity (Wildman–Crippen MR) is 114 cm³/mol. The molecule has 2 N–H and O–H groups in total. The first-order valence-electron chi connectivity index (χ1n) is 9.15. The third kappa shape index (κ3) is 2.88. The van der Waals surface area contributed by atoms with Crippen LogP contribution in [0.2, 0.25) is 4.34 Å². The molecule has 1 unspecified atom stereocenters. The van der Waals surface area contributed by atoms with Gasteiger partial charge in [0.15, 0.2) is 5.78 Å². The Morgan fingerprint density at radius 2 is 1.87 bits per heavy atom. The Morgan fingerprint density at radius 3 is 2.47 bits per heavy atom. The Bertz CT molecular complexity index is 1170. The highest BCUT2D eigenvalue weighted by molar-refractivity contribution is 7.21. The quantitative estimate of drug-likeness (QED) is 0.527. The summed E-state index contributed by atoms with van der Waals surface area (Å²) in [6, 6.07) is 10.3. The fourth-order valence-electron chi connectivity index (χ4n) is 3.85. The van der Waals surface area contributed by atoms with E-state index in [9.17, 15) is 19.1 Å². The summed E-state index contributed by atoms with van der Waals surface area (Å²) < 4.78 is 18.9. The first-order valence-corrected chi connectivity index (χ1v) is 10.3. The SMILES string of the molecule is CCC1(c2ccc(OC)cc2)C(=O)Nc2sc(Cl)c(-c3ccc(F)cc3O)c2C1=O. The lowest BCUT2D eigenvalue weighted by atomic mass is 9.69. The lowest BCUT2D eigenvalue weighted by Gasteiger charge is -2.34. The van der Waals surface area contributed by atoms with E-state index < -0.39 is 22.9 Å². The predicted octanol–water partition coefficient (Wildman–Crippen LogP) is 5.40. The molecule has 2 aromatic carbocycles. The molecule has 0 fully saturated rings. The summed E-state index contributed by atoms with van der Waals surface area (Å²) in [5.41, 5.74) is -0.220. The van der Waals surface area contributed by atoms with Gasteiger partial charge >= 0.3 is 0 Å². The van der Waals surface area contributed by atoms with Crippen molar-refractivity contribution in [2.24, 2.45) is 0 Å². The molecule has 4 rings (SSSR count). The number of Topliss-reactive ketones (excluding diaryl/α,β-unsaturated/α-hetero) is 1. The van der Waals surface area contributed by atoms with Gasteiger partial charge in [0, 0.05) is 17.2 Å². The summed E-state index contributed by atoms with van der Waals surface area (Å²) in [4.78, 5) is 27.0. The van der Waals surface area contributed by atoms with Crippen LogP contribution in [-0.2, 0) is 10.2 Å². The molecule has 0 spiro atoms. The molecular weight excluding hydrogens is 429 g/mol. The molecule has 1 atom stereocenters. The van der Waals surface area contributed by atoms with E-state index in [-0.39, 0.29) is 33.2 Å². The van der Waals surface area contributed by atoms with Crippen molar-refractivity contribution in [3.63, 3.8) is 0 Å². The number of hydrogen-bond acceptors (Lipinski definition) is 5. The molecule has 0 saturated heterocycles. The number of benzene rings is 2. The van der Waals surface area contributed by atoms with Crippen LogP contribution in [0, 0.1) is 5.82 Å². The molecule has 0 saturated carbocycles. The zero-order valence-corrected chi connectivity index (χ0v) is 17.7. The Morgan fingerprint density at radius 1 is 1.17 bits per heavy atom. The zero-order chi connectivity index (χ0) is 21.6. The van der Waals surface area contributed by atoms with E-state index in [1.807, 2.05) is 0 Å². The average Bonchev–Trinajstić information content (AvgIpc) is 3.04. The van der Waals surface area contributed by atoms with Crippen molar-refractivity contribution in [3.05, 3.63) is 63.7 Å². The second-order valence-electron chi connectivity index (χ2n) is 6.89. The molecule has 30 heavy (non-hydrogen) atoms. The van der Waals surface area contributed by atoms with Crippen molar-refractivity contribution < 1.29 is 23.8 Å². The minimum absolute atomic E-state index is 0.212. The number of phenols is 1. The third-order valence-electron chi connectivity index (χ3n) is 5.44. The monoisotopic (exact) mass is 445 g/mol. The smallest absolute Gasteiger partial charge is 0.243 e. The van der Waals surface area contributed by atoms with Gasteiger partial charge in [0.2, 0.25) is 5.91 Å². The number of amides is 1. The number of ether oxygens (including phenoxy) is 1. The summed E-state index contributed by atoms with van der Waals surface area (Å²) in [7, 11) is 1.53. The summed E-state index contributed by atoms with van der Waals surface area (Å²) in [6.45, 7) is 1.76. The molecule has 0 aliphatic carbocycles. The standard InChI is InChI=1S/C22H17ClFNO4S/c1-3-22(11-4-7-13(29-2)8-5-11)18(27)17-16(14-9-6-12(24)10-15(14)26)19(23)30-20(17)25-21(22)28/h4-10,26H,3H2,1-2H3,(H,25,28). The summed E-state index contributed by atoms with van der Waals surface area (Å²) in [5, 5.41) is 13.4. The van der Waals surface area contributed by atoms with Crippen LogP contribution in [0.3, 0.4) is 0 Å². The maximum Gasteiger partial charge on any atom is 0.243 e. The molecule has 1 aliphatic heterocycles. The van der Waals surface area contributed by atoms with Crippen molar-refractivity contribution in [2.45, 2.75) is 18.8 Å². The molecule has 1 amide bonds. The molecule has 8 heteroatoms. The molecule has 5 nitrogen and oxygen atoms in total. The number of halogens is 2. The van der Waals surface area contributed by atoms with E-state index in [2.05, 4.69) is 5.32 Å². The van der Waals surface area contributed by atoms with Crippen LogP contribution in [0.1, 0.15) is 29.3 Å². The van der Waals surface area contributed by atoms with E-state index in [0.29, 0.717) is 16.3 Å². The minimum atomic E-state index is -1.46. The molecular formula is C22H17ClFNO4S. The molecule has 154 valence electrons. The van der Waals surface area contributed by atoms with Crippen LogP contribution in [0.15, 0.2) is 42.5 Å². The van der Waals surface area contributed by atoms with Crippen LogP contribution < -0.4 is 10.1 Å². The number of thiophene rings is 1. The topological polar surface area (TPSA) is 75.6 Å². The van der Waals surface area contributed by atoms with E-state index in [1.165, 1.54) is 19.2 Å². The van der Waals surface area contributed by atoms with Crippen molar-refractivity contribution in [1.29, 1.82) is 0 Å². The highest BCUT2D eigenvalue weighted by atomic mass is 35.5. The summed E-state index contributed by atoms with van der Waals surface area (Å²) in [5.74, 6) is -1.22. The van der Waals surface area contributed by atoms with Gasteiger partial charge in [0.05, 0.1) is 12.7 Å². The molecule has 3 aromatic rings. The van der Waals surface area contributed by atoms with Crippen molar-refractivity contribution in [1.82, 2.24) is 0 Å². The van der Waals surface area contributed by atoms with Crippen molar-refractivity contribution >= 4 is 39.6 Å². The van der Waals surface area contributed by atoms with E-state index >= 15 is 0 Å². The number of ketones is 1. The molecule has 2 heterocycles. The lowest BCUT2D eigenvalue weighted by molar-refractivity contribution is -0.120. The number of nitrogens with one attached hydrogen (secondary N) is 1. The lowest BCUT2D eigenvalue weighted by Crippen LogP contribution is -2.50. The zero-order valence-electron chi connectivity index (χ0n) is 16.1. The Kier molecular flexibility index (Phi) is 5.03. The maximum absolute atomic E-state index is 13.8. The van der Waals surface area contributed by atoms with Crippen LogP contribution in [-0.4, -0.2) is 23.9 Å². The summed E-state index contributed by atoms with van der Waals surface area (Å²) >= 11 is 7.44. The second kappa shape index (κ2) is 7.41. The largest absolute Gasteiger partial charge is 0.507 e. The van der Waals surface area contributed by atoms with Gasteiger partial charge in [-0.2, -0.15) is 0 Å². The van der Waals surface area contributed by atoms with Gasteiger partial charge in [-0.15, -0.1) is 11.3 Å². The van der Waals surface area contributed by atoms with Gasteiger partial charge < -0.3 is 15.2 Å². The number of carbonyl (C=O) groups is 2. The average molecular weight is 446 g/mol. The van der Waals surface area contributed by atoms with Gasteiger partial charge in [-0.1, -0.05) is 30.7 Å². The molecule has 0 radical (unpaired) electrons. The van der Waals surface area contributed by atoms with Gasteiger partial charge in [0.25, 0.3) is 0 Å². The number of methoxy groups -OCH3 is 1. The van der Waals surface area contributed by atoms with Gasteiger partial charge in [-0.25, -0.2) is 4.39 Å². The normalized spacial score (nSPS) is 18.1. The van der Waals surface area contributed by atoms with Crippen molar-refractivity contribution in [3.8, 4) is 22.6 Å². The van der Waals surface area contributed by atoms with Crippen molar-refractivity contribution in [2.75, 3.05) is 12.4 Å². The van der Waals surface area contributed by atoms with Crippen LogP contribution in [0.25, 0.3) is 11.1 Å². The number of phenolic OH excluding ortho intramolecular Hbond substituents is 1. The molecule has 0 bridgehead atoms. The fourth-order valence-corrected chi connectivity index (χ4v) is 5.22. The van der Waals surface area contributed by atoms with Gasteiger partial charge in [0.1, 0.15) is 32.1 Å². The van der Waals surface area contributed by atoms with Gasteiger partial charge in [-0.3, -0.25) is 9.59 Å². The second-order valence-corrected chi connectivity index (χ2v) is 8.51. The minimum Gasteiger partial charge on any atom is -0.507 e. The van der Waals surface area contributed by atoms with Crippen LogP contribution >= 0.6 is 22.9 Å². The number of anilines is 1. The van der Waals surface area contributed by atoms with E-state index in [0.717, 1.165) is 17.4 Å². The Hall–Kier alpha value is -2.90. The number of fused-ring (bicyclic) bond motifs is 1. The highest BCUT2D eigenvalue weighted by Crippen LogP contribution is 2.51. The highest BCUT2D eigenvalue weighted by Gasteiger charge is 2.52. The first-order chi connectivity index (χ1) is 14.3. The number of hydrogen-bond donors (Lipinski definition) is 2. The summed E-state index contributed by atoms with van der Waals surface area (Å²) in [6.07, 6.45) is 0.214. The van der Waals surface area contributed by atoms with Crippen LogP contribution in [0.5, 0.6) is 11.5 Å². The van der Waals surface area contributed by atoms with Gasteiger partial charge in [-0.05, 0) is 36.2 Å². The maximum atomic E-state index is 13.8. The molecule has 1 aliphatic rings. The van der Waals surface area contributed by atoms with E-state index in [4.69, 9.17) is 16.3 Å². The third-order valence-corrected chi connectivity index (χ3v) is 6.75. The van der Waals surface area contributed by atoms with Crippen LogP contribution in [0.4, 0.5) is 9.39 Å². The number of aromatic hydroxyl groups is 1. The number of carbonyl (C=O) groups excluding carboxylic acids is 2. The fraction of sp³-hybridized carbons (Fsp3) is 0.182. The Labute approximate surface area is 181 Å². The Balaban J connectivity index is 1.94.